The molecule has 0 atom stereocenters. The molecule has 3 aromatic carbocycles. The molecule has 0 aliphatic rings. The van der Waals surface area contributed by atoms with Gasteiger partial charge in [0.25, 0.3) is 5.91 Å². The average Bonchev–Trinajstić information content (AvgIpc) is 3.04. The normalized spacial score (nSPS) is 11.1. The number of nitrogens with one attached hydrogen (secondary N) is 1. The van der Waals surface area contributed by atoms with Crippen molar-refractivity contribution in [3.63, 3.8) is 0 Å². The smallest absolute Gasteiger partial charge is 0.329 e. The summed E-state index contributed by atoms with van der Waals surface area (Å²) in [6.07, 6.45) is 1.61. The van der Waals surface area contributed by atoms with Gasteiger partial charge < -0.3 is 10.1 Å². The molecule has 7 heteroatoms. The Morgan fingerprint density at radius 1 is 0.906 bits per heavy atom. The zero-order chi connectivity index (χ0) is 22.2. The highest BCUT2D eigenvalue weighted by atomic mass is 16.5. The van der Waals surface area contributed by atoms with E-state index in [0.29, 0.717) is 33.9 Å². The van der Waals surface area contributed by atoms with Gasteiger partial charge >= 0.3 is 5.69 Å². The van der Waals surface area contributed by atoms with Crippen LogP contribution in [0.3, 0.4) is 0 Å². The van der Waals surface area contributed by atoms with Crippen LogP contribution < -0.4 is 15.7 Å². The number of amides is 1. The largest absolute Gasteiger partial charge is 0.454 e. The van der Waals surface area contributed by atoms with E-state index in [1.54, 1.807) is 44.6 Å². The van der Waals surface area contributed by atoms with Crippen molar-refractivity contribution in [3.8, 4) is 11.5 Å². The number of fused-ring (bicyclic) bond motifs is 2. The number of hydrogen-bond acceptors (Lipinski definition) is 4. The molecule has 7 nitrogen and oxygen atoms in total. The first kappa shape index (κ1) is 19.6. The number of aryl methyl sites for hydroxylation is 2. The lowest BCUT2D eigenvalue weighted by Crippen LogP contribution is -2.19. The van der Waals surface area contributed by atoms with Crippen LogP contribution >= 0.6 is 0 Å². The van der Waals surface area contributed by atoms with E-state index in [-0.39, 0.29) is 11.6 Å². The summed E-state index contributed by atoms with van der Waals surface area (Å²) >= 11 is 0. The Bertz CT molecular complexity index is 1530. The molecule has 2 aromatic heterocycles. The topological polar surface area (TPSA) is 78.1 Å². The molecular weight excluding hydrogens is 404 g/mol. The van der Waals surface area contributed by atoms with Crippen LogP contribution in [-0.4, -0.2) is 20.0 Å². The fourth-order valence-corrected chi connectivity index (χ4v) is 3.82. The number of hydrogen-bond donors (Lipinski definition) is 1. The lowest BCUT2D eigenvalue weighted by Gasteiger charge is -2.13. The third-order valence-electron chi connectivity index (χ3n) is 5.43. The van der Waals surface area contributed by atoms with Crippen LogP contribution in [0.1, 0.15) is 10.4 Å². The van der Waals surface area contributed by atoms with Crippen LogP contribution in [0.5, 0.6) is 11.5 Å². The molecule has 0 unspecified atom stereocenters. The number of aromatic nitrogens is 3. The minimum absolute atomic E-state index is 0.183. The summed E-state index contributed by atoms with van der Waals surface area (Å²) in [4.78, 5) is 29.4. The maximum atomic E-state index is 12.7. The van der Waals surface area contributed by atoms with Gasteiger partial charge in [-0.1, -0.05) is 42.5 Å². The Kier molecular flexibility index (Phi) is 4.71. The molecule has 0 radical (unpaired) electrons. The van der Waals surface area contributed by atoms with Gasteiger partial charge in [0.2, 0.25) is 0 Å². The highest BCUT2D eigenvalue weighted by Gasteiger charge is 2.16. The van der Waals surface area contributed by atoms with Gasteiger partial charge in [-0.15, -0.1) is 0 Å². The van der Waals surface area contributed by atoms with E-state index in [1.165, 1.54) is 9.13 Å². The maximum absolute atomic E-state index is 12.7. The Hall–Kier alpha value is -4.39. The molecule has 0 spiro atoms. The summed E-state index contributed by atoms with van der Waals surface area (Å²) in [6.45, 7) is 0. The quantitative estimate of drug-likeness (QED) is 0.462. The van der Waals surface area contributed by atoms with E-state index < -0.39 is 0 Å². The van der Waals surface area contributed by atoms with Crippen molar-refractivity contribution in [2.75, 3.05) is 5.32 Å². The number of ether oxygens (including phenoxy) is 1. The molecule has 0 saturated heterocycles. The van der Waals surface area contributed by atoms with Gasteiger partial charge in [0, 0.05) is 49.1 Å². The van der Waals surface area contributed by atoms with Crippen molar-refractivity contribution >= 4 is 33.5 Å². The zero-order valence-electron chi connectivity index (χ0n) is 17.6. The second-order valence-corrected chi connectivity index (χ2v) is 7.50. The Labute approximate surface area is 183 Å². The monoisotopic (exact) mass is 424 g/mol. The van der Waals surface area contributed by atoms with Crippen LogP contribution in [0.15, 0.2) is 83.8 Å². The molecule has 0 aliphatic carbocycles. The van der Waals surface area contributed by atoms with Crippen LogP contribution in [-0.2, 0) is 14.1 Å². The van der Waals surface area contributed by atoms with Crippen LogP contribution in [0.25, 0.3) is 21.9 Å². The second kappa shape index (κ2) is 7.70. The molecule has 32 heavy (non-hydrogen) atoms. The van der Waals surface area contributed by atoms with Gasteiger partial charge in [0.05, 0.1) is 0 Å². The Morgan fingerprint density at radius 2 is 1.66 bits per heavy atom. The molecule has 1 N–H and O–H groups in total. The lowest BCUT2D eigenvalue weighted by atomic mass is 10.1. The summed E-state index contributed by atoms with van der Waals surface area (Å²) in [5.41, 5.74) is 2.13. The predicted octanol–water partition coefficient (Wildman–Crippen LogP) is 4.47. The number of carbonyl (C=O) groups excluding carboxylic acids is 1. The predicted molar refractivity (Wildman–Crippen MR) is 124 cm³/mol. The summed E-state index contributed by atoms with van der Waals surface area (Å²) in [5, 5.41) is 4.75. The fraction of sp³-hybridized carbons (Fsp3) is 0.0800. The number of anilines is 1. The van der Waals surface area contributed by atoms with Crippen LogP contribution in [0, 0.1) is 0 Å². The van der Waals surface area contributed by atoms with Gasteiger partial charge in [-0.05, 0) is 23.6 Å². The van der Waals surface area contributed by atoms with Crippen molar-refractivity contribution in [2.45, 2.75) is 0 Å². The van der Waals surface area contributed by atoms with Crippen molar-refractivity contribution in [3.05, 3.63) is 95.0 Å². The van der Waals surface area contributed by atoms with Gasteiger partial charge in [-0.25, -0.2) is 9.78 Å². The van der Waals surface area contributed by atoms with Gasteiger partial charge in [0.1, 0.15) is 11.3 Å². The van der Waals surface area contributed by atoms with E-state index in [0.717, 1.165) is 10.8 Å². The minimum atomic E-state index is -0.205. The standard InChI is InChI=1S/C25H20N4O3/c1-28-22-20(12-13-26-23(22)29(2)25(28)31)32-21-15-18(14-17-10-6-7-11-19(17)21)27-24(30)16-8-4-3-5-9-16/h3-15H,1-2H3,(H,27,30). The van der Waals surface area contributed by atoms with Gasteiger partial charge in [-0.2, -0.15) is 0 Å². The molecule has 158 valence electrons. The minimum Gasteiger partial charge on any atom is -0.454 e. The Morgan fingerprint density at radius 3 is 2.47 bits per heavy atom. The van der Waals surface area contributed by atoms with Crippen LogP contribution in [0.4, 0.5) is 5.69 Å². The van der Waals surface area contributed by atoms with Gasteiger partial charge in [0.15, 0.2) is 11.4 Å². The third kappa shape index (κ3) is 3.30. The number of pyridine rings is 1. The molecule has 0 bridgehead atoms. The first-order valence-corrected chi connectivity index (χ1v) is 10.1. The molecule has 0 saturated carbocycles. The summed E-state index contributed by atoms with van der Waals surface area (Å²) in [6, 6.07) is 22.2. The van der Waals surface area contributed by atoms with E-state index in [9.17, 15) is 9.59 Å². The van der Waals surface area contributed by atoms with Crippen molar-refractivity contribution < 1.29 is 9.53 Å². The van der Waals surface area contributed by atoms with Crippen LogP contribution in [0.2, 0.25) is 0 Å². The van der Waals surface area contributed by atoms with E-state index in [1.807, 2.05) is 48.5 Å². The summed E-state index contributed by atoms with van der Waals surface area (Å²) in [7, 11) is 3.37. The van der Waals surface area contributed by atoms with Crippen molar-refractivity contribution in [1.82, 2.24) is 14.1 Å². The average molecular weight is 424 g/mol. The lowest BCUT2D eigenvalue weighted by molar-refractivity contribution is 0.102. The Balaban J connectivity index is 1.60. The molecule has 1 amide bonds. The SMILES string of the molecule is Cn1c(=O)n(C)c2c(Oc3cc(NC(=O)c4ccccc4)cc4ccccc34)ccnc21. The fourth-order valence-electron chi connectivity index (χ4n) is 3.82. The highest BCUT2D eigenvalue weighted by molar-refractivity contribution is 6.06. The third-order valence-corrected chi connectivity index (χ3v) is 5.43. The molecular formula is C25H20N4O3. The number of imidazole rings is 1. The zero-order valence-corrected chi connectivity index (χ0v) is 17.6. The molecule has 0 aliphatic heterocycles. The number of rotatable bonds is 4. The number of carbonyl (C=O) groups is 1. The van der Waals surface area contributed by atoms with E-state index in [4.69, 9.17) is 4.74 Å². The molecule has 5 rings (SSSR count). The number of benzene rings is 3. The van der Waals surface area contributed by atoms with E-state index >= 15 is 0 Å². The maximum Gasteiger partial charge on any atom is 0.329 e. The molecule has 0 fully saturated rings. The van der Waals surface area contributed by atoms with E-state index in [2.05, 4.69) is 10.3 Å². The first-order chi connectivity index (χ1) is 15.5. The van der Waals surface area contributed by atoms with Crippen molar-refractivity contribution in [1.29, 1.82) is 0 Å². The summed E-state index contributed by atoms with van der Waals surface area (Å²) in [5.74, 6) is 0.866. The molecule has 5 aromatic rings. The van der Waals surface area contributed by atoms with Crippen molar-refractivity contribution in [2.24, 2.45) is 14.1 Å². The number of nitrogens with zero attached hydrogens (tertiary/aromatic N) is 3. The first-order valence-electron chi connectivity index (χ1n) is 10.1. The molecule has 2 heterocycles. The second-order valence-electron chi connectivity index (χ2n) is 7.50. The van der Waals surface area contributed by atoms with Gasteiger partial charge in [-0.3, -0.25) is 13.9 Å². The summed E-state index contributed by atoms with van der Waals surface area (Å²) < 4.78 is 9.32. The highest BCUT2D eigenvalue weighted by Crippen LogP contribution is 2.35.